The molecule has 5 heteroatoms. The number of nitrogens with zero attached hydrogens (tertiary/aromatic N) is 1. The SMILES string of the molecule is COCCI.COCC[N+]1(C)CCCC1.[I-]. The number of alkyl halides is 1. The van der Waals surface area contributed by atoms with Gasteiger partial charge >= 0.3 is 0 Å². The number of rotatable bonds is 5. The van der Waals surface area contributed by atoms with Crippen molar-refractivity contribution >= 4 is 22.6 Å². The maximum Gasteiger partial charge on any atom is 0.102 e. The van der Waals surface area contributed by atoms with Gasteiger partial charge in [0.15, 0.2) is 0 Å². The molecular formula is C11H25I2NO2. The Labute approximate surface area is 131 Å². The quantitative estimate of drug-likeness (QED) is 0.298. The molecule has 0 amide bonds. The normalized spacial score (nSPS) is 17.2. The molecule has 1 rings (SSSR count). The van der Waals surface area contributed by atoms with Gasteiger partial charge in [0.05, 0.1) is 33.4 Å². The fourth-order valence-electron chi connectivity index (χ4n) is 1.71. The average Bonchev–Trinajstić information content (AvgIpc) is 2.65. The predicted octanol–water partition coefficient (Wildman–Crippen LogP) is -1.05. The van der Waals surface area contributed by atoms with Gasteiger partial charge in [0, 0.05) is 31.5 Å². The first-order chi connectivity index (χ1) is 7.18. The van der Waals surface area contributed by atoms with Crippen molar-refractivity contribution in [2.75, 3.05) is 58.5 Å². The van der Waals surface area contributed by atoms with Crippen LogP contribution in [0.15, 0.2) is 0 Å². The van der Waals surface area contributed by atoms with E-state index in [0.717, 1.165) is 17.6 Å². The van der Waals surface area contributed by atoms with Crippen molar-refractivity contribution in [1.82, 2.24) is 0 Å². The third-order valence-corrected chi connectivity index (χ3v) is 3.20. The van der Waals surface area contributed by atoms with E-state index in [-0.39, 0.29) is 24.0 Å². The number of methoxy groups -OCH3 is 2. The van der Waals surface area contributed by atoms with Gasteiger partial charge in [-0.05, 0) is 0 Å². The van der Waals surface area contributed by atoms with E-state index in [1.165, 1.54) is 37.0 Å². The summed E-state index contributed by atoms with van der Waals surface area (Å²) in [6, 6.07) is 0. The Bertz CT molecular complexity index is 140. The Morgan fingerprint density at radius 3 is 1.88 bits per heavy atom. The Morgan fingerprint density at radius 2 is 1.56 bits per heavy atom. The monoisotopic (exact) mass is 457 g/mol. The summed E-state index contributed by atoms with van der Waals surface area (Å²) in [5, 5.41) is 0. The first kappa shape index (κ1) is 19.7. The molecule has 3 nitrogen and oxygen atoms in total. The van der Waals surface area contributed by atoms with Crippen molar-refractivity contribution in [3.8, 4) is 0 Å². The Balaban J connectivity index is 0. The van der Waals surface area contributed by atoms with Crippen molar-refractivity contribution in [1.29, 1.82) is 0 Å². The van der Waals surface area contributed by atoms with E-state index in [2.05, 4.69) is 34.4 Å². The lowest BCUT2D eigenvalue weighted by Crippen LogP contribution is -3.00. The molecule has 1 saturated heterocycles. The Hall–Kier alpha value is 1.34. The van der Waals surface area contributed by atoms with Crippen LogP contribution in [-0.2, 0) is 9.47 Å². The minimum absolute atomic E-state index is 0. The number of likely N-dealkylation sites (N-methyl/N-ethyl adjacent to an activating group) is 1. The zero-order chi connectivity index (χ0) is 11.6. The number of hydrogen-bond acceptors (Lipinski definition) is 2. The molecule has 0 atom stereocenters. The van der Waals surface area contributed by atoms with E-state index in [4.69, 9.17) is 4.74 Å². The highest BCUT2D eigenvalue weighted by Gasteiger charge is 2.25. The number of halogens is 2. The van der Waals surface area contributed by atoms with Crippen molar-refractivity contribution < 1.29 is 37.9 Å². The second kappa shape index (κ2) is 12.8. The van der Waals surface area contributed by atoms with Crippen molar-refractivity contribution in [2.24, 2.45) is 0 Å². The summed E-state index contributed by atoms with van der Waals surface area (Å²) < 4.78 is 12.1. The molecule has 0 aromatic rings. The van der Waals surface area contributed by atoms with Gasteiger partial charge in [-0.15, -0.1) is 0 Å². The van der Waals surface area contributed by atoms with E-state index < -0.39 is 0 Å². The Kier molecular flexibility index (Phi) is 15.7. The van der Waals surface area contributed by atoms with Crippen molar-refractivity contribution in [2.45, 2.75) is 12.8 Å². The zero-order valence-corrected chi connectivity index (χ0v) is 15.0. The summed E-state index contributed by atoms with van der Waals surface area (Å²) in [5.41, 5.74) is 0. The first-order valence-corrected chi connectivity index (χ1v) is 7.08. The number of ether oxygens (including phenoxy) is 2. The summed E-state index contributed by atoms with van der Waals surface area (Å²) in [6.07, 6.45) is 2.81. The minimum atomic E-state index is 0. The third kappa shape index (κ3) is 10.5. The van der Waals surface area contributed by atoms with E-state index in [9.17, 15) is 0 Å². The molecule has 1 aliphatic heterocycles. The lowest BCUT2D eigenvalue weighted by atomic mass is 10.4. The Morgan fingerprint density at radius 1 is 1.06 bits per heavy atom. The largest absolute Gasteiger partial charge is 1.00 e. The van der Waals surface area contributed by atoms with Crippen LogP contribution in [0.1, 0.15) is 12.8 Å². The molecule has 1 fully saturated rings. The summed E-state index contributed by atoms with van der Waals surface area (Å²) >= 11 is 2.26. The molecule has 0 unspecified atom stereocenters. The zero-order valence-electron chi connectivity index (χ0n) is 10.7. The molecular weight excluding hydrogens is 432 g/mol. The average molecular weight is 457 g/mol. The molecule has 0 bridgehead atoms. The third-order valence-electron chi connectivity index (χ3n) is 2.76. The molecule has 16 heavy (non-hydrogen) atoms. The first-order valence-electron chi connectivity index (χ1n) is 5.56. The topological polar surface area (TPSA) is 18.5 Å². The van der Waals surface area contributed by atoms with E-state index in [1.807, 2.05) is 0 Å². The van der Waals surface area contributed by atoms with E-state index >= 15 is 0 Å². The van der Waals surface area contributed by atoms with Crippen LogP contribution in [0.25, 0.3) is 0 Å². The standard InChI is InChI=1S/C8H18NO.C3H7IO.HI/c1-9(7-8-10-2)5-3-4-6-9;1-5-3-2-4;/h3-8H2,1-2H3;2-3H2,1H3;1H/q+1;;/p-1. The van der Waals surface area contributed by atoms with Crippen LogP contribution in [0.3, 0.4) is 0 Å². The van der Waals surface area contributed by atoms with Crippen molar-refractivity contribution in [3.63, 3.8) is 0 Å². The highest BCUT2D eigenvalue weighted by molar-refractivity contribution is 14.1. The molecule has 1 aliphatic rings. The molecule has 0 radical (unpaired) electrons. The van der Waals surface area contributed by atoms with Gasteiger partial charge in [-0.2, -0.15) is 0 Å². The van der Waals surface area contributed by atoms with Crippen LogP contribution >= 0.6 is 22.6 Å². The molecule has 0 N–H and O–H groups in total. The van der Waals surface area contributed by atoms with Crippen LogP contribution < -0.4 is 24.0 Å². The molecule has 100 valence electrons. The van der Waals surface area contributed by atoms with Gasteiger partial charge in [0.1, 0.15) is 6.54 Å². The fourth-order valence-corrected chi connectivity index (χ4v) is 2.15. The van der Waals surface area contributed by atoms with Gasteiger partial charge in [0.2, 0.25) is 0 Å². The second-order valence-electron chi connectivity index (χ2n) is 4.17. The van der Waals surface area contributed by atoms with Crippen LogP contribution in [-0.4, -0.2) is 63.0 Å². The number of quaternary nitrogens is 1. The molecule has 0 aromatic heterocycles. The molecule has 0 aliphatic carbocycles. The second-order valence-corrected chi connectivity index (χ2v) is 5.25. The van der Waals surface area contributed by atoms with E-state index in [1.54, 1.807) is 14.2 Å². The van der Waals surface area contributed by atoms with Crippen LogP contribution in [0, 0.1) is 0 Å². The van der Waals surface area contributed by atoms with Crippen LogP contribution in [0.5, 0.6) is 0 Å². The molecule has 0 spiro atoms. The van der Waals surface area contributed by atoms with Gasteiger partial charge in [-0.25, -0.2) is 0 Å². The van der Waals surface area contributed by atoms with E-state index in [0.29, 0.717) is 0 Å². The molecule has 0 saturated carbocycles. The highest BCUT2D eigenvalue weighted by Crippen LogP contribution is 2.15. The van der Waals surface area contributed by atoms with Crippen LogP contribution in [0.4, 0.5) is 0 Å². The smallest absolute Gasteiger partial charge is 0.102 e. The summed E-state index contributed by atoms with van der Waals surface area (Å²) in [5.74, 6) is 0. The highest BCUT2D eigenvalue weighted by atomic mass is 127. The van der Waals surface area contributed by atoms with Gasteiger partial charge < -0.3 is 37.9 Å². The molecule has 1 heterocycles. The minimum Gasteiger partial charge on any atom is -1.00 e. The maximum absolute atomic E-state index is 5.05. The number of likely N-dealkylation sites (tertiary alicyclic amines) is 1. The van der Waals surface area contributed by atoms with Gasteiger partial charge in [-0.1, -0.05) is 22.6 Å². The molecule has 0 aromatic carbocycles. The summed E-state index contributed by atoms with van der Waals surface area (Å²) in [6.45, 7) is 5.68. The predicted molar refractivity (Wildman–Crippen MR) is 72.7 cm³/mol. The van der Waals surface area contributed by atoms with Crippen molar-refractivity contribution in [3.05, 3.63) is 0 Å². The number of hydrogen-bond donors (Lipinski definition) is 0. The lowest BCUT2D eigenvalue weighted by Gasteiger charge is -2.28. The van der Waals surface area contributed by atoms with Gasteiger partial charge in [-0.3, -0.25) is 0 Å². The summed E-state index contributed by atoms with van der Waals surface area (Å²) in [4.78, 5) is 0. The summed E-state index contributed by atoms with van der Waals surface area (Å²) in [7, 11) is 5.81. The van der Waals surface area contributed by atoms with Crippen LogP contribution in [0.2, 0.25) is 0 Å². The fraction of sp³-hybridized carbons (Fsp3) is 1.00. The lowest BCUT2D eigenvalue weighted by molar-refractivity contribution is -0.897. The van der Waals surface area contributed by atoms with Gasteiger partial charge in [0.25, 0.3) is 0 Å². The maximum atomic E-state index is 5.05.